The number of anilines is 1. The smallest absolute Gasteiger partial charge is 0.261 e. The molecule has 2 aromatic carbocycles. The van der Waals surface area contributed by atoms with Gasteiger partial charge in [0.15, 0.2) is 0 Å². The van der Waals surface area contributed by atoms with Crippen molar-refractivity contribution in [2.75, 3.05) is 4.72 Å². The number of rotatable bonds is 6. The third-order valence-corrected chi connectivity index (χ3v) is 5.23. The zero-order valence-corrected chi connectivity index (χ0v) is 15.0. The summed E-state index contributed by atoms with van der Waals surface area (Å²) in [5.74, 6) is -0.338. The van der Waals surface area contributed by atoms with Gasteiger partial charge in [-0.15, -0.1) is 0 Å². The van der Waals surface area contributed by atoms with Crippen LogP contribution in [0.3, 0.4) is 0 Å². The average molecular weight is 367 g/mol. The Bertz CT molecular complexity index is 823. The molecule has 0 fully saturated rings. The summed E-state index contributed by atoms with van der Waals surface area (Å²) in [5.41, 5.74) is 0.503. The van der Waals surface area contributed by atoms with Gasteiger partial charge in [-0.1, -0.05) is 36.7 Å². The zero-order chi connectivity index (χ0) is 17.7. The number of halogens is 1. The van der Waals surface area contributed by atoms with E-state index in [9.17, 15) is 13.2 Å². The fourth-order valence-corrected chi connectivity index (χ4v) is 3.25. The van der Waals surface area contributed by atoms with Gasteiger partial charge in [-0.25, -0.2) is 8.42 Å². The number of nitrogens with one attached hydrogen (secondary N) is 2. The molecule has 2 aromatic rings. The Hall–Kier alpha value is -2.05. The molecule has 1 atom stereocenters. The molecule has 1 amide bonds. The molecular formula is C17H19ClN2O3S. The summed E-state index contributed by atoms with van der Waals surface area (Å²) in [5, 5.41) is 3.07. The van der Waals surface area contributed by atoms with E-state index in [0.717, 1.165) is 6.42 Å². The van der Waals surface area contributed by atoms with Crippen molar-refractivity contribution < 1.29 is 13.2 Å². The van der Waals surface area contributed by atoms with Crippen LogP contribution < -0.4 is 10.0 Å². The largest absolute Gasteiger partial charge is 0.350 e. The quantitative estimate of drug-likeness (QED) is 0.819. The van der Waals surface area contributed by atoms with E-state index in [4.69, 9.17) is 11.6 Å². The Balaban J connectivity index is 2.27. The van der Waals surface area contributed by atoms with Crippen LogP contribution in [0, 0.1) is 0 Å². The Morgan fingerprint density at radius 3 is 2.46 bits per heavy atom. The Labute approximate surface area is 147 Å². The maximum atomic E-state index is 12.3. The summed E-state index contributed by atoms with van der Waals surface area (Å²) >= 11 is 6.07. The second-order valence-electron chi connectivity index (χ2n) is 5.40. The van der Waals surface area contributed by atoms with E-state index in [0.29, 0.717) is 0 Å². The number of sulfonamides is 1. The molecule has 1 unspecified atom stereocenters. The Morgan fingerprint density at radius 1 is 1.17 bits per heavy atom. The van der Waals surface area contributed by atoms with Crippen molar-refractivity contribution in [2.45, 2.75) is 31.2 Å². The van der Waals surface area contributed by atoms with Crippen molar-refractivity contribution in [2.24, 2.45) is 0 Å². The number of benzene rings is 2. The summed E-state index contributed by atoms with van der Waals surface area (Å²) < 4.78 is 27.2. The molecule has 0 aliphatic carbocycles. The fourth-order valence-electron chi connectivity index (χ4n) is 1.98. The van der Waals surface area contributed by atoms with E-state index >= 15 is 0 Å². The van der Waals surface area contributed by atoms with Crippen LogP contribution in [0.5, 0.6) is 0 Å². The minimum absolute atomic E-state index is 0.00164. The maximum Gasteiger partial charge on any atom is 0.261 e. The molecule has 0 radical (unpaired) electrons. The summed E-state index contributed by atoms with van der Waals surface area (Å²) in [7, 11) is -3.72. The minimum Gasteiger partial charge on any atom is -0.350 e. The summed E-state index contributed by atoms with van der Waals surface area (Å²) in [6.45, 7) is 3.84. The van der Waals surface area contributed by atoms with Crippen LogP contribution in [0.1, 0.15) is 30.6 Å². The average Bonchev–Trinajstić information content (AvgIpc) is 2.57. The van der Waals surface area contributed by atoms with Crippen LogP contribution in [0.4, 0.5) is 5.69 Å². The topological polar surface area (TPSA) is 75.3 Å². The molecule has 2 N–H and O–H groups in total. The van der Waals surface area contributed by atoms with Crippen LogP contribution >= 0.6 is 11.6 Å². The highest BCUT2D eigenvalue weighted by Gasteiger charge is 2.17. The van der Waals surface area contributed by atoms with Crippen molar-refractivity contribution in [3.63, 3.8) is 0 Å². The standard InChI is InChI=1S/C17H19ClN2O3S/c1-3-12(2)19-17(21)15-11-13(9-10-16(15)18)20-24(22,23)14-7-5-4-6-8-14/h4-12,20H,3H2,1-2H3,(H,19,21). The number of hydrogen-bond donors (Lipinski definition) is 2. The lowest BCUT2D eigenvalue weighted by Gasteiger charge is -2.14. The van der Waals surface area contributed by atoms with Crippen molar-refractivity contribution in [1.29, 1.82) is 0 Å². The van der Waals surface area contributed by atoms with Crippen molar-refractivity contribution in [3.8, 4) is 0 Å². The van der Waals surface area contributed by atoms with Gasteiger partial charge in [0.05, 0.1) is 15.5 Å². The normalized spacial score (nSPS) is 12.5. The molecule has 24 heavy (non-hydrogen) atoms. The molecule has 2 rings (SSSR count). The first kappa shape index (κ1) is 18.3. The van der Waals surface area contributed by atoms with E-state index in [-0.39, 0.29) is 33.1 Å². The molecule has 0 bridgehead atoms. The van der Waals surface area contributed by atoms with E-state index in [1.54, 1.807) is 18.2 Å². The highest BCUT2D eigenvalue weighted by molar-refractivity contribution is 7.92. The number of carbonyl (C=O) groups is 1. The van der Waals surface area contributed by atoms with E-state index < -0.39 is 10.0 Å². The summed E-state index contributed by atoms with van der Waals surface area (Å²) in [4.78, 5) is 12.4. The molecular weight excluding hydrogens is 348 g/mol. The van der Waals surface area contributed by atoms with Gasteiger partial charge >= 0.3 is 0 Å². The molecule has 0 spiro atoms. The first-order valence-corrected chi connectivity index (χ1v) is 9.38. The van der Waals surface area contributed by atoms with Crippen molar-refractivity contribution >= 4 is 33.2 Å². The third-order valence-electron chi connectivity index (χ3n) is 3.51. The highest BCUT2D eigenvalue weighted by Crippen LogP contribution is 2.23. The second-order valence-corrected chi connectivity index (χ2v) is 7.49. The van der Waals surface area contributed by atoms with Crippen LogP contribution in [0.2, 0.25) is 5.02 Å². The number of hydrogen-bond acceptors (Lipinski definition) is 3. The molecule has 0 heterocycles. The van der Waals surface area contributed by atoms with Gasteiger partial charge in [0.1, 0.15) is 0 Å². The first-order valence-electron chi connectivity index (χ1n) is 7.51. The molecule has 0 saturated heterocycles. The zero-order valence-electron chi connectivity index (χ0n) is 13.4. The fraction of sp³-hybridized carbons (Fsp3) is 0.235. The van der Waals surface area contributed by atoms with Gasteiger partial charge in [0, 0.05) is 11.7 Å². The summed E-state index contributed by atoms with van der Waals surface area (Å²) in [6, 6.07) is 12.4. The SMILES string of the molecule is CCC(C)NC(=O)c1cc(NS(=O)(=O)c2ccccc2)ccc1Cl. The van der Waals surface area contributed by atoms with Gasteiger partial charge in [-0.3, -0.25) is 9.52 Å². The monoisotopic (exact) mass is 366 g/mol. The molecule has 0 saturated carbocycles. The predicted molar refractivity (Wildman–Crippen MR) is 95.9 cm³/mol. The van der Waals surface area contributed by atoms with E-state index in [1.807, 2.05) is 13.8 Å². The van der Waals surface area contributed by atoms with Crippen molar-refractivity contribution in [1.82, 2.24) is 5.32 Å². The Morgan fingerprint density at radius 2 is 1.83 bits per heavy atom. The van der Waals surface area contributed by atoms with Crippen LogP contribution in [-0.2, 0) is 10.0 Å². The first-order chi connectivity index (χ1) is 11.3. The van der Waals surface area contributed by atoms with Gasteiger partial charge < -0.3 is 5.32 Å². The lowest BCUT2D eigenvalue weighted by atomic mass is 10.1. The molecule has 0 aromatic heterocycles. The van der Waals surface area contributed by atoms with Gasteiger partial charge in [-0.2, -0.15) is 0 Å². The lowest BCUT2D eigenvalue weighted by molar-refractivity contribution is 0.0939. The van der Waals surface area contributed by atoms with Gasteiger partial charge in [-0.05, 0) is 43.7 Å². The lowest BCUT2D eigenvalue weighted by Crippen LogP contribution is -2.32. The maximum absolute atomic E-state index is 12.3. The molecule has 128 valence electrons. The minimum atomic E-state index is -3.72. The van der Waals surface area contributed by atoms with Crippen LogP contribution in [0.25, 0.3) is 0 Å². The van der Waals surface area contributed by atoms with Gasteiger partial charge in [0.25, 0.3) is 15.9 Å². The molecule has 5 nitrogen and oxygen atoms in total. The predicted octanol–water partition coefficient (Wildman–Crippen LogP) is 3.67. The van der Waals surface area contributed by atoms with Crippen LogP contribution in [-0.4, -0.2) is 20.4 Å². The summed E-state index contributed by atoms with van der Waals surface area (Å²) in [6.07, 6.45) is 0.781. The second kappa shape index (κ2) is 7.68. The number of carbonyl (C=O) groups excluding carboxylic acids is 1. The van der Waals surface area contributed by atoms with E-state index in [1.165, 1.54) is 30.3 Å². The number of amides is 1. The molecule has 0 aliphatic rings. The molecule has 0 aliphatic heterocycles. The highest BCUT2D eigenvalue weighted by atomic mass is 35.5. The molecule has 7 heteroatoms. The van der Waals surface area contributed by atoms with Crippen molar-refractivity contribution in [3.05, 3.63) is 59.1 Å². The van der Waals surface area contributed by atoms with Gasteiger partial charge in [0.2, 0.25) is 0 Å². The van der Waals surface area contributed by atoms with Crippen LogP contribution in [0.15, 0.2) is 53.4 Å². The van der Waals surface area contributed by atoms with E-state index in [2.05, 4.69) is 10.0 Å². The Kier molecular flexibility index (Phi) is 5.85. The third kappa shape index (κ3) is 4.49.